The number of rotatable bonds is 4. The van der Waals surface area contributed by atoms with Crippen molar-refractivity contribution in [1.82, 2.24) is 4.98 Å². The maximum Gasteiger partial charge on any atom is 0.405 e. The van der Waals surface area contributed by atoms with Gasteiger partial charge in [0.05, 0.1) is 6.10 Å². The summed E-state index contributed by atoms with van der Waals surface area (Å²) in [5, 5.41) is 0. The van der Waals surface area contributed by atoms with Crippen molar-refractivity contribution in [3.05, 3.63) is 23.9 Å². The molecule has 0 spiro atoms. The maximum atomic E-state index is 10.6. The fourth-order valence-corrected chi connectivity index (χ4v) is 1.19. The van der Waals surface area contributed by atoms with E-state index in [1.165, 1.54) is 0 Å². The highest BCUT2D eigenvalue weighted by Crippen LogP contribution is 2.18. The van der Waals surface area contributed by atoms with Crippen LogP contribution in [0, 0.1) is 0 Å². The molecule has 1 heterocycles. The summed E-state index contributed by atoms with van der Waals surface area (Å²) in [6.07, 6.45) is 0.483. The minimum absolute atomic E-state index is 0.0812. The molecule has 0 aliphatic rings. The Bertz CT molecular complexity index is 349. The lowest BCUT2D eigenvalue weighted by Gasteiger charge is -2.12. The molecule has 0 aliphatic carbocycles. The first-order chi connectivity index (χ1) is 7.49. The molecule has 5 nitrogen and oxygen atoms in total. The van der Waals surface area contributed by atoms with Gasteiger partial charge in [-0.1, -0.05) is 0 Å². The fourth-order valence-electron chi connectivity index (χ4n) is 1.19. The van der Waals surface area contributed by atoms with Crippen molar-refractivity contribution in [2.45, 2.75) is 33.0 Å². The predicted octanol–water partition coefficient (Wildman–Crippen LogP) is 2.03. The number of ether oxygens (including phenoxy) is 2. The van der Waals surface area contributed by atoms with Gasteiger partial charge in [-0.2, -0.15) is 0 Å². The van der Waals surface area contributed by atoms with E-state index in [1.54, 1.807) is 25.3 Å². The van der Waals surface area contributed by atoms with E-state index in [0.717, 1.165) is 5.56 Å². The van der Waals surface area contributed by atoms with Crippen LogP contribution in [0.3, 0.4) is 0 Å². The van der Waals surface area contributed by atoms with Gasteiger partial charge in [0.25, 0.3) is 0 Å². The standard InChI is InChI=1S/C11H16N2O3/c1-7(2)15-10-5-4-9(6-13-10)8(3)16-11(12)14/h4-8H,1-3H3,(H2,12,14). The summed E-state index contributed by atoms with van der Waals surface area (Å²) in [5.41, 5.74) is 5.69. The highest BCUT2D eigenvalue weighted by atomic mass is 16.6. The Balaban J connectivity index is 2.66. The SMILES string of the molecule is CC(C)Oc1ccc(C(C)OC(N)=O)cn1. The highest BCUT2D eigenvalue weighted by Gasteiger charge is 2.09. The van der Waals surface area contributed by atoms with E-state index < -0.39 is 12.2 Å². The van der Waals surface area contributed by atoms with E-state index >= 15 is 0 Å². The monoisotopic (exact) mass is 224 g/mol. The highest BCUT2D eigenvalue weighted by molar-refractivity contribution is 5.64. The lowest BCUT2D eigenvalue weighted by molar-refractivity contribution is 0.116. The van der Waals surface area contributed by atoms with Gasteiger partial charge < -0.3 is 15.2 Å². The molecule has 1 unspecified atom stereocenters. The third kappa shape index (κ3) is 3.76. The lowest BCUT2D eigenvalue weighted by Crippen LogP contribution is -2.15. The average molecular weight is 224 g/mol. The number of aromatic nitrogens is 1. The Morgan fingerprint density at radius 1 is 1.38 bits per heavy atom. The minimum atomic E-state index is -0.796. The van der Waals surface area contributed by atoms with Gasteiger partial charge in [-0.3, -0.25) is 0 Å². The Kier molecular flexibility index (Phi) is 4.10. The third-order valence-corrected chi connectivity index (χ3v) is 1.88. The van der Waals surface area contributed by atoms with E-state index in [1.807, 2.05) is 13.8 Å². The van der Waals surface area contributed by atoms with Crippen LogP contribution in [-0.2, 0) is 4.74 Å². The van der Waals surface area contributed by atoms with Crippen LogP contribution >= 0.6 is 0 Å². The van der Waals surface area contributed by atoms with Gasteiger partial charge in [0, 0.05) is 17.8 Å². The largest absolute Gasteiger partial charge is 0.475 e. The zero-order chi connectivity index (χ0) is 12.1. The van der Waals surface area contributed by atoms with Crippen LogP contribution in [0.5, 0.6) is 5.88 Å². The molecule has 5 heteroatoms. The van der Waals surface area contributed by atoms with E-state index in [4.69, 9.17) is 15.2 Å². The van der Waals surface area contributed by atoms with Gasteiger partial charge in [-0.05, 0) is 26.8 Å². The molecule has 0 bridgehead atoms. The molecule has 1 rings (SSSR count). The first kappa shape index (κ1) is 12.3. The van der Waals surface area contributed by atoms with E-state index in [9.17, 15) is 4.79 Å². The van der Waals surface area contributed by atoms with Gasteiger partial charge >= 0.3 is 6.09 Å². The maximum absolute atomic E-state index is 10.6. The molecule has 0 saturated carbocycles. The van der Waals surface area contributed by atoms with Crippen molar-refractivity contribution in [1.29, 1.82) is 0 Å². The number of hydrogen-bond acceptors (Lipinski definition) is 4. The number of nitrogens with zero attached hydrogens (tertiary/aromatic N) is 1. The quantitative estimate of drug-likeness (QED) is 0.849. The molecule has 2 N–H and O–H groups in total. The summed E-state index contributed by atoms with van der Waals surface area (Å²) in [4.78, 5) is 14.6. The number of nitrogens with two attached hydrogens (primary N) is 1. The molecular formula is C11H16N2O3. The Labute approximate surface area is 94.6 Å². The molecule has 1 atom stereocenters. The number of carbonyl (C=O) groups is 1. The summed E-state index contributed by atoms with van der Waals surface area (Å²) in [7, 11) is 0. The van der Waals surface area contributed by atoms with Crippen LogP contribution in [-0.4, -0.2) is 17.2 Å². The summed E-state index contributed by atoms with van der Waals surface area (Å²) < 4.78 is 10.2. The van der Waals surface area contributed by atoms with E-state index in [0.29, 0.717) is 5.88 Å². The molecule has 0 saturated heterocycles. The van der Waals surface area contributed by atoms with Crippen LogP contribution in [0.2, 0.25) is 0 Å². The second-order valence-electron chi connectivity index (χ2n) is 3.68. The number of carbonyl (C=O) groups excluding carboxylic acids is 1. The zero-order valence-electron chi connectivity index (χ0n) is 9.64. The topological polar surface area (TPSA) is 74.4 Å². The van der Waals surface area contributed by atoms with Gasteiger partial charge in [0.15, 0.2) is 0 Å². The van der Waals surface area contributed by atoms with Gasteiger partial charge in [0.1, 0.15) is 6.10 Å². The van der Waals surface area contributed by atoms with Gasteiger partial charge in [-0.15, -0.1) is 0 Å². The Morgan fingerprint density at radius 2 is 2.06 bits per heavy atom. The molecule has 0 radical (unpaired) electrons. The molecular weight excluding hydrogens is 208 g/mol. The van der Waals surface area contributed by atoms with Crippen molar-refractivity contribution >= 4 is 6.09 Å². The van der Waals surface area contributed by atoms with Crippen LogP contribution in [0.4, 0.5) is 4.79 Å². The molecule has 16 heavy (non-hydrogen) atoms. The molecule has 1 aromatic heterocycles. The number of primary amides is 1. The summed E-state index contributed by atoms with van der Waals surface area (Å²) in [5.74, 6) is 0.546. The Morgan fingerprint density at radius 3 is 2.50 bits per heavy atom. The van der Waals surface area contributed by atoms with E-state index in [2.05, 4.69) is 4.98 Å². The minimum Gasteiger partial charge on any atom is -0.475 e. The molecule has 0 aliphatic heterocycles. The zero-order valence-corrected chi connectivity index (χ0v) is 9.64. The predicted molar refractivity (Wildman–Crippen MR) is 59.1 cm³/mol. The molecule has 88 valence electrons. The number of hydrogen-bond donors (Lipinski definition) is 1. The van der Waals surface area contributed by atoms with Crippen LogP contribution in [0.1, 0.15) is 32.4 Å². The second-order valence-corrected chi connectivity index (χ2v) is 3.68. The second kappa shape index (κ2) is 5.34. The van der Waals surface area contributed by atoms with Crippen LogP contribution in [0.25, 0.3) is 0 Å². The average Bonchev–Trinajstić information content (AvgIpc) is 2.16. The smallest absolute Gasteiger partial charge is 0.405 e. The molecule has 0 fully saturated rings. The van der Waals surface area contributed by atoms with Gasteiger partial charge in [0.2, 0.25) is 5.88 Å². The number of pyridine rings is 1. The first-order valence-corrected chi connectivity index (χ1v) is 5.07. The van der Waals surface area contributed by atoms with Crippen molar-refractivity contribution in [2.24, 2.45) is 5.73 Å². The van der Waals surface area contributed by atoms with Crippen LogP contribution in [0.15, 0.2) is 18.3 Å². The summed E-state index contributed by atoms with van der Waals surface area (Å²) in [6.45, 7) is 5.58. The number of amides is 1. The van der Waals surface area contributed by atoms with Crippen molar-refractivity contribution in [3.63, 3.8) is 0 Å². The fraction of sp³-hybridized carbons (Fsp3) is 0.455. The molecule has 1 amide bonds. The normalized spacial score (nSPS) is 12.2. The molecule has 1 aromatic rings. The third-order valence-electron chi connectivity index (χ3n) is 1.88. The first-order valence-electron chi connectivity index (χ1n) is 5.07. The summed E-state index contributed by atoms with van der Waals surface area (Å²) in [6, 6.07) is 3.52. The van der Waals surface area contributed by atoms with Crippen molar-refractivity contribution < 1.29 is 14.3 Å². The van der Waals surface area contributed by atoms with Crippen molar-refractivity contribution in [3.8, 4) is 5.88 Å². The molecule has 0 aromatic carbocycles. The summed E-state index contributed by atoms with van der Waals surface area (Å²) >= 11 is 0. The lowest BCUT2D eigenvalue weighted by atomic mass is 10.2. The van der Waals surface area contributed by atoms with Gasteiger partial charge in [-0.25, -0.2) is 9.78 Å². The van der Waals surface area contributed by atoms with Crippen LogP contribution < -0.4 is 10.5 Å². The van der Waals surface area contributed by atoms with E-state index in [-0.39, 0.29) is 6.10 Å². The Hall–Kier alpha value is -1.78. The van der Waals surface area contributed by atoms with Crippen molar-refractivity contribution in [2.75, 3.05) is 0 Å².